The van der Waals surface area contributed by atoms with E-state index in [0.717, 1.165) is 19.5 Å². The largest absolute Gasteiger partial charge is 0.307 e. The second-order valence-corrected chi connectivity index (χ2v) is 6.08. The summed E-state index contributed by atoms with van der Waals surface area (Å²) in [7, 11) is 0. The molecule has 2 nitrogen and oxygen atoms in total. The van der Waals surface area contributed by atoms with Gasteiger partial charge in [0, 0.05) is 25.2 Å². The fourth-order valence-corrected chi connectivity index (χ4v) is 3.54. The molecule has 0 aromatic heterocycles. The number of nitrogens with one attached hydrogen (secondary N) is 1. The zero-order chi connectivity index (χ0) is 13.0. The van der Waals surface area contributed by atoms with Crippen LogP contribution in [0.4, 0.5) is 8.78 Å². The molecule has 0 amide bonds. The number of rotatable bonds is 4. The Bertz CT molecular complexity index is 242. The summed E-state index contributed by atoms with van der Waals surface area (Å²) in [5, 5.41) is 3.03. The Morgan fingerprint density at radius 3 is 2.56 bits per heavy atom. The van der Waals surface area contributed by atoms with Gasteiger partial charge >= 0.3 is 0 Å². The third kappa shape index (κ3) is 4.16. The smallest absolute Gasteiger partial charge is 0.250 e. The molecule has 2 aliphatic rings. The molecule has 2 rings (SSSR count). The van der Waals surface area contributed by atoms with Crippen molar-refractivity contribution in [1.82, 2.24) is 10.2 Å². The quantitative estimate of drug-likeness (QED) is 0.836. The fourth-order valence-electron chi connectivity index (χ4n) is 3.54. The van der Waals surface area contributed by atoms with E-state index in [1.165, 1.54) is 32.1 Å². The molecule has 1 saturated carbocycles. The molecule has 2 fully saturated rings. The van der Waals surface area contributed by atoms with E-state index < -0.39 is 6.43 Å². The van der Waals surface area contributed by atoms with Crippen molar-refractivity contribution in [2.75, 3.05) is 19.6 Å². The monoisotopic (exact) mass is 260 g/mol. The number of alkyl halides is 2. The zero-order valence-electron chi connectivity index (χ0n) is 11.4. The van der Waals surface area contributed by atoms with Crippen LogP contribution in [0.2, 0.25) is 0 Å². The summed E-state index contributed by atoms with van der Waals surface area (Å²) in [4.78, 5) is 2.55. The highest BCUT2D eigenvalue weighted by molar-refractivity contribution is 4.86. The standard InChI is InChI=1S/C14H26F2N2/c1-11-7-12(17-8-14(15)16)10-18(9-11)13-5-3-2-4-6-13/h11-14,17H,2-10H2,1H3. The number of hydrogen-bond donors (Lipinski definition) is 1. The second kappa shape index (κ2) is 6.80. The van der Waals surface area contributed by atoms with Gasteiger partial charge in [-0.1, -0.05) is 26.2 Å². The molecule has 0 aromatic carbocycles. The van der Waals surface area contributed by atoms with E-state index in [0.29, 0.717) is 12.0 Å². The third-order valence-corrected chi connectivity index (χ3v) is 4.34. The SMILES string of the molecule is CC1CC(NCC(F)F)CN(C2CCCCC2)C1. The topological polar surface area (TPSA) is 15.3 Å². The number of likely N-dealkylation sites (tertiary alicyclic amines) is 1. The van der Waals surface area contributed by atoms with Gasteiger partial charge in [-0.3, -0.25) is 4.90 Å². The minimum Gasteiger partial charge on any atom is -0.307 e. The number of piperidine rings is 1. The van der Waals surface area contributed by atoms with Gasteiger partial charge in [-0.2, -0.15) is 0 Å². The van der Waals surface area contributed by atoms with Crippen molar-refractivity contribution in [2.45, 2.75) is 64.0 Å². The van der Waals surface area contributed by atoms with Crippen LogP contribution in [0.1, 0.15) is 45.4 Å². The zero-order valence-corrected chi connectivity index (χ0v) is 11.4. The molecule has 1 N–H and O–H groups in total. The van der Waals surface area contributed by atoms with Crippen molar-refractivity contribution in [2.24, 2.45) is 5.92 Å². The number of nitrogens with zero attached hydrogens (tertiary/aromatic N) is 1. The Morgan fingerprint density at radius 2 is 1.89 bits per heavy atom. The van der Waals surface area contributed by atoms with Gasteiger partial charge in [0.2, 0.25) is 0 Å². The van der Waals surface area contributed by atoms with Crippen LogP contribution in [-0.2, 0) is 0 Å². The predicted molar refractivity (Wildman–Crippen MR) is 70.0 cm³/mol. The summed E-state index contributed by atoms with van der Waals surface area (Å²) < 4.78 is 24.5. The van der Waals surface area contributed by atoms with Crippen molar-refractivity contribution in [3.8, 4) is 0 Å². The lowest BCUT2D eigenvalue weighted by Gasteiger charge is -2.42. The van der Waals surface area contributed by atoms with Crippen molar-refractivity contribution in [1.29, 1.82) is 0 Å². The molecule has 1 heterocycles. The first-order valence-electron chi connectivity index (χ1n) is 7.40. The van der Waals surface area contributed by atoms with Crippen LogP contribution in [0.25, 0.3) is 0 Å². The maximum Gasteiger partial charge on any atom is 0.250 e. The normalized spacial score (nSPS) is 32.0. The van der Waals surface area contributed by atoms with Gasteiger partial charge in [0.1, 0.15) is 0 Å². The summed E-state index contributed by atoms with van der Waals surface area (Å²) in [6.45, 7) is 4.20. The molecule has 18 heavy (non-hydrogen) atoms. The highest BCUT2D eigenvalue weighted by atomic mass is 19.3. The average Bonchev–Trinajstić information content (AvgIpc) is 2.37. The van der Waals surface area contributed by atoms with E-state index in [2.05, 4.69) is 17.1 Å². The van der Waals surface area contributed by atoms with Crippen molar-refractivity contribution < 1.29 is 8.78 Å². The van der Waals surface area contributed by atoms with E-state index in [-0.39, 0.29) is 12.6 Å². The van der Waals surface area contributed by atoms with Gasteiger partial charge in [0.25, 0.3) is 6.43 Å². The lowest BCUT2D eigenvalue weighted by molar-refractivity contribution is 0.0728. The molecular formula is C14H26F2N2. The Kier molecular flexibility index (Phi) is 5.37. The van der Waals surface area contributed by atoms with Crippen LogP contribution in [0, 0.1) is 5.92 Å². The minimum absolute atomic E-state index is 0.157. The Hall–Kier alpha value is -0.220. The van der Waals surface area contributed by atoms with Gasteiger partial charge in [-0.15, -0.1) is 0 Å². The molecule has 2 unspecified atom stereocenters. The Balaban J connectivity index is 1.83. The maximum atomic E-state index is 12.3. The van der Waals surface area contributed by atoms with Gasteiger partial charge in [0.15, 0.2) is 0 Å². The number of hydrogen-bond acceptors (Lipinski definition) is 2. The van der Waals surface area contributed by atoms with E-state index in [9.17, 15) is 8.78 Å². The molecular weight excluding hydrogens is 234 g/mol. The van der Waals surface area contributed by atoms with E-state index in [1.54, 1.807) is 0 Å². The molecule has 1 saturated heterocycles. The fraction of sp³-hybridized carbons (Fsp3) is 1.00. The summed E-state index contributed by atoms with van der Waals surface area (Å²) in [6, 6.07) is 0.960. The summed E-state index contributed by atoms with van der Waals surface area (Å²) in [6.07, 6.45) is 5.45. The van der Waals surface area contributed by atoms with Crippen LogP contribution in [-0.4, -0.2) is 43.0 Å². The minimum atomic E-state index is -2.23. The van der Waals surface area contributed by atoms with Crippen LogP contribution in [0.5, 0.6) is 0 Å². The van der Waals surface area contributed by atoms with Crippen molar-refractivity contribution in [3.63, 3.8) is 0 Å². The van der Waals surface area contributed by atoms with Gasteiger partial charge in [-0.05, 0) is 25.2 Å². The molecule has 0 aromatic rings. The highest BCUT2D eigenvalue weighted by Crippen LogP contribution is 2.27. The molecule has 4 heteroatoms. The summed E-state index contributed by atoms with van der Waals surface area (Å²) >= 11 is 0. The highest BCUT2D eigenvalue weighted by Gasteiger charge is 2.30. The van der Waals surface area contributed by atoms with Crippen molar-refractivity contribution in [3.05, 3.63) is 0 Å². The van der Waals surface area contributed by atoms with Gasteiger partial charge in [-0.25, -0.2) is 8.78 Å². The lowest BCUT2D eigenvalue weighted by Crippen LogP contribution is -2.53. The first-order chi connectivity index (χ1) is 8.65. The Morgan fingerprint density at radius 1 is 1.17 bits per heavy atom. The van der Waals surface area contributed by atoms with Gasteiger partial charge < -0.3 is 5.32 Å². The lowest BCUT2D eigenvalue weighted by atomic mass is 9.89. The van der Waals surface area contributed by atoms with Crippen LogP contribution in [0.3, 0.4) is 0 Å². The molecule has 0 spiro atoms. The average molecular weight is 260 g/mol. The Labute approximate surface area is 109 Å². The second-order valence-electron chi connectivity index (χ2n) is 6.08. The summed E-state index contributed by atoms with van der Waals surface area (Å²) in [5.74, 6) is 0.621. The van der Waals surface area contributed by atoms with Crippen molar-refractivity contribution >= 4 is 0 Å². The summed E-state index contributed by atoms with van der Waals surface area (Å²) in [5.41, 5.74) is 0. The molecule has 2 atom stereocenters. The molecule has 0 radical (unpaired) electrons. The van der Waals surface area contributed by atoms with Crippen LogP contribution in [0.15, 0.2) is 0 Å². The van der Waals surface area contributed by atoms with E-state index in [1.807, 2.05) is 0 Å². The maximum absolute atomic E-state index is 12.3. The first kappa shape index (κ1) is 14.2. The van der Waals surface area contributed by atoms with Gasteiger partial charge in [0.05, 0.1) is 6.54 Å². The first-order valence-corrected chi connectivity index (χ1v) is 7.40. The molecule has 0 bridgehead atoms. The van der Waals surface area contributed by atoms with E-state index >= 15 is 0 Å². The van der Waals surface area contributed by atoms with E-state index in [4.69, 9.17) is 0 Å². The number of halogens is 2. The van der Waals surface area contributed by atoms with Crippen LogP contribution >= 0.6 is 0 Å². The molecule has 1 aliphatic heterocycles. The molecule has 106 valence electrons. The van der Waals surface area contributed by atoms with Crippen LogP contribution < -0.4 is 5.32 Å². The molecule has 1 aliphatic carbocycles. The third-order valence-electron chi connectivity index (χ3n) is 4.34. The predicted octanol–water partition coefficient (Wildman–Crippen LogP) is 2.88.